The van der Waals surface area contributed by atoms with Crippen molar-refractivity contribution in [2.45, 2.75) is 19.4 Å². The molecule has 7 nitrogen and oxygen atoms in total. The first kappa shape index (κ1) is 17.4. The Morgan fingerprint density at radius 3 is 2.75 bits per heavy atom. The monoisotopic (exact) mass is 328 g/mol. The lowest BCUT2D eigenvalue weighted by molar-refractivity contribution is -0.177. The maximum Gasteiger partial charge on any atom is 0.233 e. The average molecular weight is 328 g/mol. The van der Waals surface area contributed by atoms with Crippen molar-refractivity contribution in [3.8, 4) is 0 Å². The fourth-order valence-corrected chi connectivity index (χ4v) is 1.99. The number of benzene rings is 1. The van der Waals surface area contributed by atoms with E-state index in [0.29, 0.717) is 37.5 Å². The number of nitrogen functional groups attached to an aromatic ring is 1. The number of anilines is 2. The van der Waals surface area contributed by atoms with Gasteiger partial charge in [-0.1, -0.05) is 30.3 Å². The van der Waals surface area contributed by atoms with Gasteiger partial charge in [0.15, 0.2) is 5.82 Å². The molecule has 0 saturated heterocycles. The molecule has 0 bridgehead atoms. The van der Waals surface area contributed by atoms with Gasteiger partial charge in [0.2, 0.25) is 12.3 Å². The zero-order valence-electron chi connectivity index (χ0n) is 13.2. The van der Waals surface area contributed by atoms with Crippen molar-refractivity contribution >= 4 is 23.8 Å². The summed E-state index contributed by atoms with van der Waals surface area (Å²) in [4.78, 5) is 32.3. The lowest BCUT2D eigenvalue weighted by Crippen LogP contribution is -2.24. The molecule has 2 amide bonds. The summed E-state index contributed by atoms with van der Waals surface area (Å²) in [5.41, 5.74) is 7.08. The van der Waals surface area contributed by atoms with Crippen LogP contribution in [-0.4, -0.2) is 28.9 Å². The Bertz CT molecular complexity index is 664. The number of pyridine rings is 1. The number of carbonyl (C=O) groups excluding carboxylic acids is 2. The summed E-state index contributed by atoms with van der Waals surface area (Å²) in [5, 5.41) is 3.83. The SMILES string of the molecule is Nc1cccnc1NC(=O)CCCN(C=O)OCc1ccccc1. The van der Waals surface area contributed by atoms with Crippen molar-refractivity contribution < 1.29 is 14.4 Å². The molecule has 0 radical (unpaired) electrons. The highest BCUT2D eigenvalue weighted by molar-refractivity contribution is 5.92. The van der Waals surface area contributed by atoms with E-state index in [4.69, 9.17) is 10.6 Å². The van der Waals surface area contributed by atoms with E-state index in [1.54, 1.807) is 18.3 Å². The first-order valence-corrected chi connectivity index (χ1v) is 7.58. The number of amides is 2. The number of hydroxylamine groups is 2. The summed E-state index contributed by atoms with van der Waals surface area (Å²) in [6.45, 7) is 0.623. The average Bonchev–Trinajstić information content (AvgIpc) is 2.61. The molecular weight excluding hydrogens is 308 g/mol. The number of hydrogen-bond acceptors (Lipinski definition) is 5. The van der Waals surface area contributed by atoms with Crippen LogP contribution in [-0.2, 0) is 21.0 Å². The summed E-state index contributed by atoms with van der Waals surface area (Å²) >= 11 is 0. The van der Waals surface area contributed by atoms with Crippen molar-refractivity contribution in [1.82, 2.24) is 10.0 Å². The Morgan fingerprint density at radius 2 is 2.04 bits per heavy atom. The van der Waals surface area contributed by atoms with Crippen LogP contribution in [0.3, 0.4) is 0 Å². The van der Waals surface area contributed by atoms with E-state index in [1.165, 1.54) is 5.06 Å². The van der Waals surface area contributed by atoms with Gasteiger partial charge < -0.3 is 11.1 Å². The highest BCUT2D eigenvalue weighted by atomic mass is 16.7. The summed E-state index contributed by atoms with van der Waals surface area (Å²) in [6, 6.07) is 12.9. The van der Waals surface area contributed by atoms with Crippen LogP contribution in [0, 0.1) is 0 Å². The van der Waals surface area contributed by atoms with E-state index in [9.17, 15) is 9.59 Å². The third-order valence-electron chi connectivity index (χ3n) is 3.24. The number of nitrogens with zero attached hydrogens (tertiary/aromatic N) is 2. The lowest BCUT2D eigenvalue weighted by atomic mass is 10.2. The van der Waals surface area contributed by atoms with Crippen LogP contribution in [0.1, 0.15) is 18.4 Å². The van der Waals surface area contributed by atoms with E-state index in [1.807, 2.05) is 30.3 Å². The molecule has 0 aliphatic rings. The van der Waals surface area contributed by atoms with Crippen molar-refractivity contribution in [1.29, 1.82) is 0 Å². The standard InChI is InChI=1S/C17H20N4O3/c18-15-8-4-10-19-17(15)20-16(23)9-5-11-21(13-22)24-12-14-6-2-1-3-7-14/h1-4,6-8,10,13H,5,9,11-12,18H2,(H,19,20,23). The summed E-state index contributed by atoms with van der Waals surface area (Å²) in [6.07, 6.45) is 2.86. The maximum atomic E-state index is 11.9. The first-order chi connectivity index (χ1) is 11.7. The molecule has 2 aromatic rings. The van der Waals surface area contributed by atoms with Crippen molar-refractivity contribution in [3.05, 3.63) is 54.2 Å². The second kappa shape index (κ2) is 9.26. The molecule has 7 heteroatoms. The smallest absolute Gasteiger partial charge is 0.233 e. The van der Waals surface area contributed by atoms with Crippen LogP contribution < -0.4 is 11.1 Å². The molecule has 1 aromatic heterocycles. The molecule has 3 N–H and O–H groups in total. The fraction of sp³-hybridized carbons (Fsp3) is 0.235. The molecular formula is C17H20N4O3. The van der Waals surface area contributed by atoms with E-state index in [2.05, 4.69) is 10.3 Å². The van der Waals surface area contributed by atoms with Crippen LogP contribution in [0.4, 0.5) is 11.5 Å². The Morgan fingerprint density at radius 1 is 1.25 bits per heavy atom. The molecule has 0 aliphatic carbocycles. The molecule has 0 fully saturated rings. The highest BCUT2D eigenvalue weighted by Crippen LogP contribution is 2.13. The molecule has 1 heterocycles. The van der Waals surface area contributed by atoms with Crippen molar-refractivity contribution in [2.75, 3.05) is 17.6 Å². The molecule has 0 unspecified atom stereocenters. The normalized spacial score (nSPS) is 10.2. The first-order valence-electron chi connectivity index (χ1n) is 7.58. The number of rotatable bonds is 9. The van der Waals surface area contributed by atoms with E-state index < -0.39 is 0 Å². The van der Waals surface area contributed by atoms with Crippen LogP contribution in [0.15, 0.2) is 48.7 Å². The predicted molar refractivity (Wildman–Crippen MR) is 90.5 cm³/mol. The molecule has 1 aromatic carbocycles. The van der Waals surface area contributed by atoms with Gasteiger partial charge in [-0.3, -0.25) is 14.4 Å². The van der Waals surface area contributed by atoms with Crippen molar-refractivity contribution in [3.63, 3.8) is 0 Å². The third kappa shape index (κ3) is 5.69. The minimum atomic E-state index is -0.214. The molecule has 0 saturated carbocycles. The van der Waals surface area contributed by atoms with E-state index in [0.717, 1.165) is 5.56 Å². The largest absolute Gasteiger partial charge is 0.396 e. The van der Waals surface area contributed by atoms with Gasteiger partial charge in [0.05, 0.1) is 5.69 Å². The highest BCUT2D eigenvalue weighted by Gasteiger charge is 2.08. The van der Waals surface area contributed by atoms with Gasteiger partial charge in [-0.2, -0.15) is 0 Å². The van der Waals surface area contributed by atoms with Crippen molar-refractivity contribution in [2.24, 2.45) is 0 Å². The Hall–Kier alpha value is -2.93. The predicted octanol–water partition coefficient (Wildman–Crippen LogP) is 1.97. The summed E-state index contributed by atoms with van der Waals surface area (Å²) in [5.74, 6) is 0.129. The Kier molecular flexibility index (Phi) is 6.73. The molecule has 24 heavy (non-hydrogen) atoms. The molecule has 0 aliphatic heterocycles. The van der Waals surface area contributed by atoms with Gasteiger partial charge in [0, 0.05) is 19.2 Å². The number of nitrogens with one attached hydrogen (secondary N) is 1. The molecule has 2 rings (SSSR count). The molecule has 0 spiro atoms. The van der Waals surface area contributed by atoms with Crippen LogP contribution in [0.25, 0.3) is 0 Å². The summed E-state index contributed by atoms with van der Waals surface area (Å²) < 4.78 is 0. The maximum absolute atomic E-state index is 11.9. The second-order valence-electron chi connectivity index (χ2n) is 5.10. The zero-order chi connectivity index (χ0) is 17.2. The topological polar surface area (TPSA) is 97.5 Å². The third-order valence-corrected chi connectivity index (χ3v) is 3.24. The van der Waals surface area contributed by atoms with Gasteiger partial charge in [0.25, 0.3) is 0 Å². The molecule has 0 atom stereocenters. The lowest BCUT2D eigenvalue weighted by Gasteiger charge is -2.16. The number of carbonyl (C=O) groups is 2. The van der Waals surface area contributed by atoms with E-state index >= 15 is 0 Å². The van der Waals surface area contributed by atoms with Gasteiger partial charge in [-0.15, -0.1) is 0 Å². The minimum absolute atomic E-state index is 0.214. The van der Waals surface area contributed by atoms with Gasteiger partial charge in [0.1, 0.15) is 6.61 Å². The van der Waals surface area contributed by atoms with Crippen LogP contribution in [0.2, 0.25) is 0 Å². The quantitative estimate of drug-likeness (QED) is 0.542. The zero-order valence-corrected chi connectivity index (χ0v) is 13.2. The summed E-state index contributed by atoms with van der Waals surface area (Å²) in [7, 11) is 0. The number of hydrogen-bond donors (Lipinski definition) is 2. The van der Waals surface area contributed by atoms with Crippen LogP contribution >= 0.6 is 0 Å². The second-order valence-corrected chi connectivity index (χ2v) is 5.10. The van der Waals surface area contributed by atoms with E-state index in [-0.39, 0.29) is 12.3 Å². The minimum Gasteiger partial charge on any atom is -0.396 e. The number of aromatic nitrogens is 1. The Balaban J connectivity index is 1.70. The molecule has 126 valence electrons. The van der Waals surface area contributed by atoms with Gasteiger partial charge >= 0.3 is 0 Å². The van der Waals surface area contributed by atoms with Crippen LogP contribution in [0.5, 0.6) is 0 Å². The Labute approximate surface area is 140 Å². The fourth-order valence-electron chi connectivity index (χ4n) is 1.99. The van der Waals surface area contributed by atoms with Gasteiger partial charge in [-0.25, -0.2) is 10.0 Å². The van der Waals surface area contributed by atoms with Gasteiger partial charge in [-0.05, 0) is 24.1 Å². The number of nitrogens with two attached hydrogens (primary N) is 1.